The third-order valence-corrected chi connectivity index (χ3v) is 4.90. The molecule has 1 fully saturated rings. The van der Waals surface area contributed by atoms with Gasteiger partial charge in [-0.1, -0.05) is 12.8 Å². The Morgan fingerprint density at radius 1 is 1.10 bits per heavy atom. The lowest BCUT2D eigenvalue weighted by Crippen LogP contribution is -2.01. The molecule has 0 spiro atoms. The summed E-state index contributed by atoms with van der Waals surface area (Å²) in [6, 6.07) is 8.71. The zero-order valence-electron chi connectivity index (χ0n) is 11.5. The van der Waals surface area contributed by atoms with Crippen molar-refractivity contribution in [2.75, 3.05) is 5.32 Å². The van der Waals surface area contributed by atoms with Crippen LogP contribution in [0.1, 0.15) is 31.4 Å². The van der Waals surface area contributed by atoms with E-state index in [9.17, 15) is 0 Å². The molecule has 1 N–H and O–H groups in total. The summed E-state index contributed by atoms with van der Waals surface area (Å²) >= 11 is 2.02. The first-order valence-corrected chi connectivity index (χ1v) is 8.03. The number of hydrogen-bond donors (Lipinski definition) is 1. The van der Waals surface area contributed by atoms with Crippen LogP contribution in [0, 0.1) is 0 Å². The van der Waals surface area contributed by atoms with Crippen molar-refractivity contribution in [1.82, 2.24) is 9.97 Å². The minimum atomic E-state index is 0.711. The quantitative estimate of drug-likeness (QED) is 0.896. The summed E-state index contributed by atoms with van der Waals surface area (Å²) in [5.74, 6) is 0. The Balaban J connectivity index is 1.53. The van der Waals surface area contributed by atoms with Gasteiger partial charge in [0.05, 0.1) is 18.4 Å². The van der Waals surface area contributed by atoms with E-state index in [2.05, 4.69) is 39.6 Å². The summed E-state index contributed by atoms with van der Waals surface area (Å²) in [7, 11) is 0. The molecule has 0 aliphatic heterocycles. The van der Waals surface area contributed by atoms with Crippen molar-refractivity contribution < 1.29 is 0 Å². The molecule has 0 amide bonds. The van der Waals surface area contributed by atoms with Crippen molar-refractivity contribution in [2.45, 2.75) is 42.4 Å². The van der Waals surface area contributed by atoms with Crippen LogP contribution >= 0.6 is 11.8 Å². The lowest BCUT2D eigenvalue weighted by Gasteiger charge is -2.10. The second kappa shape index (κ2) is 6.75. The van der Waals surface area contributed by atoms with Crippen LogP contribution in [0.5, 0.6) is 0 Å². The first kappa shape index (κ1) is 13.4. The molecule has 1 heterocycles. The minimum absolute atomic E-state index is 0.711. The molecular formula is C16H19N3S. The molecule has 20 heavy (non-hydrogen) atoms. The fourth-order valence-corrected chi connectivity index (χ4v) is 3.71. The smallest absolute Gasteiger partial charge is 0.0777 e. The molecule has 0 bridgehead atoms. The van der Waals surface area contributed by atoms with E-state index >= 15 is 0 Å². The minimum Gasteiger partial charge on any atom is -0.379 e. The Morgan fingerprint density at radius 3 is 2.60 bits per heavy atom. The fraction of sp³-hybridized carbons (Fsp3) is 0.375. The molecule has 104 valence electrons. The van der Waals surface area contributed by atoms with E-state index in [1.54, 1.807) is 18.6 Å². The highest BCUT2D eigenvalue weighted by atomic mass is 32.2. The highest BCUT2D eigenvalue weighted by Crippen LogP contribution is 2.34. The summed E-state index contributed by atoms with van der Waals surface area (Å²) in [4.78, 5) is 9.69. The van der Waals surface area contributed by atoms with E-state index in [0.717, 1.165) is 16.6 Å². The Kier molecular flexibility index (Phi) is 4.53. The fourth-order valence-electron chi connectivity index (χ4n) is 2.46. The van der Waals surface area contributed by atoms with E-state index < -0.39 is 0 Å². The van der Waals surface area contributed by atoms with Gasteiger partial charge in [-0.3, -0.25) is 9.97 Å². The van der Waals surface area contributed by atoms with Crippen molar-refractivity contribution in [3.05, 3.63) is 48.5 Å². The van der Waals surface area contributed by atoms with Crippen LogP contribution in [0.25, 0.3) is 0 Å². The molecule has 1 aliphatic rings. The summed E-state index contributed by atoms with van der Waals surface area (Å²) in [6.45, 7) is 0.711. The Morgan fingerprint density at radius 2 is 1.90 bits per heavy atom. The van der Waals surface area contributed by atoms with E-state index in [-0.39, 0.29) is 0 Å². The molecule has 0 saturated heterocycles. The van der Waals surface area contributed by atoms with Gasteiger partial charge in [-0.05, 0) is 37.1 Å². The molecule has 0 radical (unpaired) electrons. The van der Waals surface area contributed by atoms with Gasteiger partial charge in [-0.25, -0.2) is 0 Å². The van der Waals surface area contributed by atoms with Crippen molar-refractivity contribution in [3.63, 3.8) is 0 Å². The molecule has 1 aromatic carbocycles. The van der Waals surface area contributed by atoms with Crippen LogP contribution in [0.3, 0.4) is 0 Å². The van der Waals surface area contributed by atoms with E-state index in [1.165, 1.54) is 30.6 Å². The molecule has 0 atom stereocenters. The summed E-state index contributed by atoms with van der Waals surface area (Å²) in [6.07, 6.45) is 10.7. The molecule has 1 saturated carbocycles. The normalized spacial score (nSPS) is 15.4. The number of hydrogen-bond acceptors (Lipinski definition) is 4. The Hall–Kier alpha value is -1.55. The van der Waals surface area contributed by atoms with Gasteiger partial charge in [0.25, 0.3) is 0 Å². The van der Waals surface area contributed by atoms with Crippen molar-refractivity contribution in [3.8, 4) is 0 Å². The van der Waals surface area contributed by atoms with Gasteiger partial charge in [0.2, 0.25) is 0 Å². The van der Waals surface area contributed by atoms with Crippen LogP contribution in [0.2, 0.25) is 0 Å². The second-order valence-corrected chi connectivity index (χ2v) is 6.47. The highest BCUT2D eigenvalue weighted by molar-refractivity contribution is 8.00. The third-order valence-electron chi connectivity index (χ3n) is 3.55. The summed E-state index contributed by atoms with van der Waals surface area (Å²) in [5, 5.41) is 4.20. The zero-order chi connectivity index (χ0) is 13.6. The first-order chi connectivity index (χ1) is 9.90. The maximum atomic E-state index is 4.25. The number of thioether (sulfide) groups is 1. The maximum absolute atomic E-state index is 4.25. The van der Waals surface area contributed by atoms with Gasteiger partial charge >= 0.3 is 0 Å². The summed E-state index contributed by atoms with van der Waals surface area (Å²) in [5.41, 5.74) is 2.09. The van der Waals surface area contributed by atoms with Gasteiger partial charge in [0, 0.05) is 28.2 Å². The van der Waals surface area contributed by atoms with E-state index in [4.69, 9.17) is 0 Å². The molecular weight excluding hydrogens is 266 g/mol. The van der Waals surface area contributed by atoms with Gasteiger partial charge in [0.1, 0.15) is 0 Å². The largest absolute Gasteiger partial charge is 0.379 e. The van der Waals surface area contributed by atoms with Crippen LogP contribution < -0.4 is 5.32 Å². The SMILES string of the molecule is c1cnc(CNc2ccc(SC3CCCC3)cc2)cn1. The van der Waals surface area contributed by atoms with E-state index in [1.807, 2.05) is 11.8 Å². The molecule has 0 unspecified atom stereocenters. The van der Waals surface area contributed by atoms with Crippen molar-refractivity contribution in [2.24, 2.45) is 0 Å². The average Bonchev–Trinajstić information content (AvgIpc) is 3.01. The molecule has 3 nitrogen and oxygen atoms in total. The average molecular weight is 285 g/mol. The summed E-state index contributed by atoms with van der Waals surface area (Å²) < 4.78 is 0. The predicted octanol–water partition coefficient (Wildman–Crippen LogP) is 4.12. The van der Waals surface area contributed by atoms with Crippen molar-refractivity contribution in [1.29, 1.82) is 0 Å². The van der Waals surface area contributed by atoms with Crippen LogP contribution in [-0.4, -0.2) is 15.2 Å². The number of nitrogens with zero attached hydrogens (tertiary/aromatic N) is 2. The molecule has 2 aromatic rings. The molecule has 3 rings (SSSR count). The molecule has 1 aliphatic carbocycles. The van der Waals surface area contributed by atoms with Gasteiger partial charge in [-0.2, -0.15) is 0 Å². The number of benzene rings is 1. The standard InChI is InChI=1S/C16H19N3S/c1-2-4-15(3-1)20-16-7-5-13(6-8-16)19-12-14-11-17-9-10-18-14/h5-11,15,19H,1-4,12H2. The Bertz CT molecular complexity index is 521. The number of nitrogens with one attached hydrogen (secondary N) is 1. The second-order valence-electron chi connectivity index (χ2n) is 5.10. The van der Waals surface area contributed by atoms with Crippen LogP contribution in [0.15, 0.2) is 47.8 Å². The molecule has 1 aromatic heterocycles. The van der Waals surface area contributed by atoms with Gasteiger partial charge in [-0.15, -0.1) is 11.8 Å². The first-order valence-electron chi connectivity index (χ1n) is 7.16. The lowest BCUT2D eigenvalue weighted by atomic mass is 10.3. The predicted molar refractivity (Wildman–Crippen MR) is 83.9 cm³/mol. The third kappa shape index (κ3) is 3.73. The van der Waals surface area contributed by atoms with Crippen LogP contribution in [0.4, 0.5) is 5.69 Å². The monoisotopic (exact) mass is 285 g/mol. The number of anilines is 1. The number of rotatable bonds is 5. The van der Waals surface area contributed by atoms with Crippen molar-refractivity contribution >= 4 is 17.4 Å². The topological polar surface area (TPSA) is 37.8 Å². The van der Waals surface area contributed by atoms with Crippen LogP contribution in [-0.2, 0) is 6.54 Å². The number of aromatic nitrogens is 2. The van der Waals surface area contributed by atoms with Gasteiger partial charge < -0.3 is 5.32 Å². The zero-order valence-corrected chi connectivity index (χ0v) is 12.3. The Labute approximate surface area is 124 Å². The highest BCUT2D eigenvalue weighted by Gasteiger charge is 2.15. The lowest BCUT2D eigenvalue weighted by molar-refractivity contribution is 0.886. The van der Waals surface area contributed by atoms with Gasteiger partial charge in [0.15, 0.2) is 0 Å². The molecule has 4 heteroatoms. The van der Waals surface area contributed by atoms with E-state index in [0.29, 0.717) is 6.54 Å². The maximum Gasteiger partial charge on any atom is 0.0777 e.